The Balaban J connectivity index is 2.37. The monoisotopic (exact) mass is 268 g/mol. The highest BCUT2D eigenvalue weighted by Gasteiger charge is 2.11. The SMILES string of the molecule is CCN(CC)CC(O)CNCc1c(C)nn(C)c1C. The molecule has 0 spiro atoms. The van der Waals surface area contributed by atoms with Crippen molar-refractivity contribution in [1.29, 1.82) is 0 Å². The van der Waals surface area contributed by atoms with Gasteiger partial charge in [-0.05, 0) is 26.9 Å². The number of hydrogen-bond donors (Lipinski definition) is 2. The number of rotatable bonds is 8. The maximum atomic E-state index is 9.98. The summed E-state index contributed by atoms with van der Waals surface area (Å²) in [7, 11) is 1.96. The first-order valence-corrected chi connectivity index (χ1v) is 7.09. The van der Waals surface area contributed by atoms with Crippen molar-refractivity contribution in [3.05, 3.63) is 17.0 Å². The number of hydrogen-bond acceptors (Lipinski definition) is 4. The Bertz CT molecular complexity index is 385. The van der Waals surface area contributed by atoms with Gasteiger partial charge in [0.15, 0.2) is 0 Å². The van der Waals surface area contributed by atoms with Crippen molar-refractivity contribution in [3.63, 3.8) is 0 Å². The summed E-state index contributed by atoms with van der Waals surface area (Å²) in [5.41, 5.74) is 3.48. The molecule has 0 radical (unpaired) electrons. The highest BCUT2D eigenvalue weighted by Crippen LogP contribution is 2.11. The summed E-state index contributed by atoms with van der Waals surface area (Å²) in [6, 6.07) is 0. The first kappa shape index (κ1) is 16.1. The van der Waals surface area contributed by atoms with Gasteiger partial charge in [0.25, 0.3) is 0 Å². The normalized spacial score (nSPS) is 13.2. The topological polar surface area (TPSA) is 53.3 Å². The van der Waals surface area contributed by atoms with Gasteiger partial charge in [-0.2, -0.15) is 5.10 Å². The third-order valence-corrected chi connectivity index (χ3v) is 3.70. The summed E-state index contributed by atoms with van der Waals surface area (Å²) >= 11 is 0. The lowest BCUT2D eigenvalue weighted by atomic mass is 10.2. The van der Waals surface area contributed by atoms with E-state index in [1.807, 2.05) is 18.7 Å². The van der Waals surface area contributed by atoms with Gasteiger partial charge in [0.2, 0.25) is 0 Å². The van der Waals surface area contributed by atoms with Gasteiger partial charge in [0.1, 0.15) is 0 Å². The molecule has 0 amide bonds. The Labute approximate surface area is 116 Å². The molecule has 1 rings (SSSR count). The van der Waals surface area contributed by atoms with E-state index in [1.54, 1.807) is 0 Å². The van der Waals surface area contributed by atoms with Gasteiger partial charge in [-0.1, -0.05) is 13.8 Å². The summed E-state index contributed by atoms with van der Waals surface area (Å²) in [6.45, 7) is 12.4. The third-order valence-electron chi connectivity index (χ3n) is 3.70. The standard InChI is InChI=1S/C14H28N4O/c1-6-18(7-2)10-13(19)8-15-9-14-11(3)16-17(5)12(14)4/h13,15,19H,6-10H2,1-5H3. The molecule has 1 unspecified atom stereocenters. The highest BCUT2D eigenvalue weighted by atomic mass is 16.3. The van der Waals surface area contributed by atoms with E-state index < -0.39 is 0 Å². The van der Waals surface area contributed by atoms with Gasteiger partial charge in [-0.15, -0.1) is 0 Å². The highest BCUT2D eigenvalue weighted by molar-refractivity contribution is 5.23. The smallest absolute Gasteiger partial charge is 0.0791 e. The van der Waals surface area contributed by atoms with Crippen LogP contribution in [0.15, 0.2) is 0 Å². The van der Waals surface area contributed by atoms with Gasteiger partial charge in [-0.3, -0.25) is 4.68 Å². The molecule has 110 valence electrons. The quantitative estimate of drug-likeness (QED) is 0.733. The molecule has 1 atom stereocenters. The van der Waals surface area contributed by atoms with Crippen molar-refractivity contribution < 1.29 is 5.11 Å². The lowest BCUT2D eigenvalue weighted by molar-refractivity contribution is 0.116. The molecule has 0 saturated carbocycles. The molecule has 0 fully saturated rings. The van der Waals surface area contributed by atoms with Crippen molar-refractivity contribution in [2.75, 3.05) is 26.2 Å². The zero-order valence-corrected chi connectivity index (χ0v) is 12.9. The average Bonchev–Trinajstić information content (AvgIpc) is 2.62. The molecule has 5 nitrogen and oxygen atoms in total. The van der Waals surface area contributed by atoms with E-state index in [-0.39, 0.29) is 6.10 Å². The van der Waals surface area contributed by atoms with E-state index in [2.05, 4.69) is 36.1 Å². The van der Waals surface area contributed by atoms with E-state index in [9.17, 15) is 5.11 Å². The number of nitrogens with one attached hydrogen (secondary N) is 1. The maximum Gasteiger partial charge on any atom is 0.0791 e. The second kappa shape index (κ2) is 7.62. The van der Waals surface area contributed by atoms with Gasteiger partial charge in [0, 0.05) is 37.9 Å². The van der Waals surface area contributed by atoms with Crippen LogP contribution in [0, 0.1) is 13.8 Å². The Morgan fingerprint density at radius 2 is 1.95 bits per heavy atom. The minimum absolute atomic E-state index is 0.322. The Kier molecular flexibility index (Phi) is 6.48. The van der Waals surface area contributed by atoms with E-state index >= 15 is 0 Å². The zero-order valence-electron chi connectivity index (χ0n) is 12.9. The van der Waals surface area contributed by atoms with Crippen LogP contribution in [0.3, 0.4) is 0 Å². The van der Waals surface area contributed by atoms with Gasteiger partial charge in [-0.25, -0.2) is 0 Å². The summed E-state index contributed by atoms with van der Waals surface area (Å²) in [6.07, 6.45) is -0.322. The van der Waals surface area contributed by atoms with Crippen LogP contribution < -0.4 is 5.32 Å². The lowest BCUT2D eigenvalue weighted by Crippen LogP contribution is -2.38. The molecule has 1 heterocycles. The Hall–Kier alpha value is -0.910. The minimum atomic E-state index is -0.322. The fourth-order valence-electron chi connectivity index (χ4n) is 2.28. The predicted molar refractivity (Wildman–Crippen MR) is 78.2 cm³/mol. The van der Waals surface area contributed by atoms with Crippen LogP contribution in [0.1, 0.15) is 30.8 Å². The lowest BCUT2D eigenvalue weighted by Gasteiger charge is -2.22. The Morgan fingerprint density at radius 3 is 2.42 bits per heavy atom. The zero-order chi connectivity index (χ0) is 14.4. The molecule has 0 saturated heterocycles. The van der Waals surface area contributed by atoms with Crippen LogP contribution in [0.5, 0.6) is 0 Å². The molecule has 0 aliphatic rings. The van der Waals surface area contributed by atoms with Crippen LogP contribution in [0.4, 0.5) is 0 Å². The van der Waals surface area contributed by atoms with Gasteiger partial charge >= 0.3 is 0 Å². The molecule has 0 aliphatic carbocycles. The van der Waals surface area contributed by atoms with Crippen LogP contribution in [-0.2, 0) is 13.6 Å². The van der Waals surface area contributed by atoms with Crippen LogP contribution in [-0.4, -0.2) is 52.1 Å². The molecule has 5 heteroatoms. The second-order valence-electron chi connectivity index (χ2n) is 5.04. The third kappa shape index (κ3) is 4.60. The predicted octanol–water partition coefficient (Wildman–Crippen LogP) is 0.829. The van der Waals surface area contributed by atoms with Gasteiger partial charge in [0.05, 0.1) is 11.8 Å². The van der Waals surface area contributed by atoms with E-state index in [1.165, 1.54) is 11.3 Å². The molecule has 0 aromatic carbocycles. The number of aliphatic hydroxyl groups is 1. The van der Waals surface area contributed by atoms with Crippen molar-refractivity contribution in [3.8, 4) is 0 Å². The Morgan fingerprint density at radius 1 is 1.32 bits per heavy atom. The molecule has 0 bridgehead atoms. The number of likely N-dealkylation sites (N-methyl/N-ethyl adjacent to an activating group) is 1. The molecule has 2 N–H and O–H groups in total. The maximum absolute atomic E-state index is 9.98. The summed E-state index contributed by atoms with van der Waals surface area (Å²) in [5.74, 6) is 0. The van der Waals surface area contributed by atoms with Gasteiger partial charge < -0.3 is 15.3 Å². The molecule has 0 aliphatic heterocycles. The number of nitrogens with zero attached hydrogens (tertiary/aromatic N) is 3. The fraction of sp³-hybridized carbons (Fsp3) is 0.786. The first-order valence-electron chi connectivity index (χ1n) is 7.09. The van der Waals surface area contributed by atoms with Crippen LogP contribution in [0.25, 0.3) is 0 Å². The average molecular weight is 268 g/mol. The van der Waals surface area contributed by atoms with E-state index in [4.69, 9.17) is 0 Å². The second-order valence-corrected chi connectivity index (χ2v) is 5.04. The van der Waals surface area contributed by atoms with Crippen LogP contribution in [0.2, 0.25) is 0 Å². The largest absolute Gasteiger partial charge is 0.390 e. The van der Waals surface area contributed by atoms with Crippen molar-refractivity contribution in [2.45, 2.75) is 40.3 Å². The molecular formula is C14H28N4O. The number of aryl methyl sites for hydroxylation is 2. The summed E-state index contributed by atoms with van der Waals surface area (Å²) in [5, 5.41) is 17.7. The number of aromatic nitrogens is 2. The first-order chi connectivity index (χ1) is 8.99. The van der Waals surface area contributed by atoms with Crippen LogP contribution >= 0.6 is 0 Å². The molecule has 1 aromatic rings. The van der Waals surface area contributed by atoms with Crippen molar-refractivity contribution >= 4 is 0 Å². The fourth-order valence-corrected chi connectivity index (χ4v) is 2.28. The van der Waals surface area contributed by atoms with Crippen molar-refractivity contribution in [2.24, 2.45) is 7.05 Å². The van der Waals surface area contributed by atoms with Crippen molar-refractivity contribution in [1.82, 2.24) is 20.0 Å². The molecule has 19 heavy (non-hydrogen) atoms. The minimum Gasteiger partial charge on any atom is -0.390 e. The summed E-state index contributed by atoms with van der Waals surface area (Å²) < 4.78 is 1.90. The number of aliphatic hydroxyl groups excluding tert-OH is 1. The van der Waals surface area contributed by atoms with E-state index in [0.717, 1.165) is 31.9 Å². The molecular weight excluding hydrogens is 240 g/mol. The van der Waals surface area contributed by atoms with E-state index in [0.29, 0.717) is 6.54 Å². The molecule has 1 aromatic heterocycles. The summed E-state index contributed by atoms with van der Waals surface area (Å²) in [4.78, 5) is 2.23.